The van der Waals surface area contributed by atoms with E-state index in [1.807, 2.05) is 24.3 Å². The quantitative estimate of drug-likeness (QED) is 0.270. The van der Waals surface area contributed by atoms with Crippen LogP contribution in [0.3, 0.4) is 0 Å². The average Bonchev–Trinajstić information content (AvgIpc) is 2.86. The number of rotatable bonds is 10. The number of hydrogen-bond acceptors (Lipinski definition) is 3. The fourth-order valence-electron chi connectivity index (χ4n) is 4.07. The topological polar surface area (TPSA) is 69.6 Å². The standard InChI is InChI=1S/C30H32ClF3N2O3/c1-29(2,3)22-9-7-21(8-10-22)19-36(16-14-20-5-4-6-23(17-20)30(32,33)34)28(39)25-18-24(31)11-12-26(25)35-15-13-27(37)38/h4-12,17-18,35H,13-16,19H2,1-3H3,(H,37,38). The zero-order chi connectivity index (χ0) is 28.8. The first kappa shape index (κ1) is 30.0. The second-order valence-corrected chi connectivity index (χ2v) is 10.8. The fourth-order valence-corrected chi connectivity index (χ4v) is 4.24. The van der Waals surface area contributed by atoms with Gasteiger partial charge in [-0.05, 0) is 52.8 Å². The molecule has 2 N–H and O–H groups in total. The molecule has 0 aliphatic rings. The molecule has 1 amide bonds. The molecule has 5 nitrogen and oxygen atoms in total. The molecule has 0 aliphatic carbocycles. The van der Waals surface area contributed by atoms with Crippen LogP contribution in [0.2, 0.25) is 5.02 Å². The Labute approximate surface area is 231 Å². The molecular weight excluding hydrogens is 529 g/mol. The molecule has 3 aromatic rings. The minimum absolute atomic E-state index is 0.0468. The molecule has 0 unspecified atom stereocenters. The molecule has 0 aliphatic heterocycles. The Morgan fingerprint density at radius 3 is 2.23 bits per heavy atom. The number of aliphatic carboxylic acids is 1. The summed E-state index contributed by atoms with van der Waals surface area (Å²) in [6, 6.07) is 17.7. The fraction of sp³-hybridized carbons (Fsp3) is 0.333. The normalized spacial score (nSPS) is 11.8. The maximum atomic E-state index is 13.8. The molecular formula is C30H32ClF3N2O3. The summed E-state index contributed by atoms with van der Waals surface area (Å²) in [4.78, 5) is 26.4. The first-order chi connectivity index (χ1) is 18.2. The number of carboxylic acid groups (broad SMARTS) is 1. The smallest absolute Gasteiger partial charge is 0.416 e. The lowest BCUT2D eigenvalue weighted by Crippen LogP contribution is -2.33. The molecule has 9 heteroatoms. The van der Waals surface area contributed by atoms with Gasteiger partial charge in [0.2, 0.25) is 0 Å². The van der Waals surface area contributed by atoms with Gasteiger partial charge in [0, 0.05) is 30.3 Å². The number of carbonyl (C=O) groups excluding carboxylic acids is 1. The highest BCUT2D eigenvalue weighted by atomic mass is 35.5. The predicted molar refractivity (Wildman–Crippen MR) is 147 cm³/mol. The molecule has 0 aromatic heterocycles. The van der Waals surface area contributed by atoms with Crippen molar-refractivity contribution < 1.29 is 27.9 Å². The lowest BCUT2D eigenvalue weighted by atomic mass is 9.87. The van der Waals surface area contributed by atoms with Crippen LogP contribution in [0.1, 0.15) is 59.8 Å². The minimum atomic E-state index is -4.46. The van der Waals surface area contributed by atoms with E-state index in [2.05, 4.69) is 26.1 Å². The van der Waals surface area contributed by atoms with Gasteiger partial charge in [-0.2, -0.15) is 13.2 Å². The Bertz CT molecular complexity index is 1300. The van der Waals surface area contributed by atoms with Crippen molar-refractivity contribution in [3.63, 3.8) is 0 Å². The van der Waals surface area contributed by atoms with Gasteiger partial charge in [0.25, 0.3) is 5.91 Å². The molecule has 0 saturated heterocycles. The first-order valence-electron chi connectivity index (χ1n) is 12.5. The van der Waals surface area contributed by atoms with Gasteiger partial charge in [0.15, 0.2) is 0 Å². The van der Waals surface area contributed by atoms with E-state index in [9.17, 15) is 22.8 Å². The number of alkyl halides is 3. The zero-order valence-electron chi connectivity index (χ0n) is 22.1. The monoisotopic (exact) mass is 560 g/mol. The molecule has 3 aromatic carbocycles. The Kier molecular flexibility index (Phi) is 9.67. The molecule has 0 atom stereocenters. The molecule has 0 bridgehead atoms. The van der Waals surface area contributed by atoms with E-state index in [0.717, 1.165) is 23.3 Å². The molecule has 0 saturated carbocycles. The molecule has 0 heterocycles. The van der Waals surface area contributed by atoms with Gasteiger partial charge < -0.3 is 15.3 Å². The van der Waals surface area contributed by atoms with Crippen LogP contribution >= 0.6 is 11.6 Å². The summed E-state index contributed by atoms with van der Waals surface area (Å²) in [7, 11) is 0. The zero-order valence-corrected chi connectivity index (χ0v) is 22.9. The summed E-state index contributed by atoms with van der Waals surface area (Å²) in [6.07, 6.45) is -4.40. The number of amides is 1. The SMILES string of the molecule is CC(C)(C)c1ccc(CN(CCc2cccc(C(F)(F)F)c2)C(=O)c2cc(Cl)ccc2NCCC(=O)O)cc1. The number of halogens is 4. The first-order valence-corrected chi connectivity index (χ1v) is 12.9. The van der Waals surface area contributed by atoms with Gasteiger partial charge in [-0.1, -0.05) is 74.8 Å². The molecule has 0 fully saturated rings. The number of anilines is 1. The van der Waals surface area contributed by atoms with Crippen LogP contribution in [0, 0.1) is 0 Å². The van der Waals surface area contributed by atoms with E-state index >= 15 is 0 Å². The van der Waals surface area contributed by atoms with Gasteiger partial charge in [-0.15, -0.1) is 0 Å². The van der Waals surface area contributed by atoms with Crippen LogP contribution in [-0.2, 0) is 29.4 Å². The van der Waals surface area contributed by atoms with Gasteiger partial charge in [0.1, 0.15) is 0 Å². The van der Waals surface area contributed by atoms with Crippen molar-refractivity contribution in [2.75, 3.05) is 18.4 Å². The van der Waals surface area contributed by atoms with Gasteiger partial charge in [-0.3, -0.25) is 9.59 Å². The third-order valence-electron chi connectivity index (χ3n) is 6.27. The summed E-state index contributed by atoms with van der Waals surface area (Å²) in [5.74, 6) is -1.35. The Balaban J connectivity index is 1.91. The average molecular weight is 561 g/mol. The number of carboxylic acids is 1. The van der Waals surface area contributed by atoms with Crippen LogP contribution in [0.5, 0.6) is 0 Å². The van der Waals surface area contributed by atoms with Crippen molar-refractivity contribution in [2.24, 2.45) is 0 Å². The second kappa shape index (κ2) is 12.6. The summed E-state index contributed by atoms with van der Waals surface area (Å²) in [5, 5.41) is 12.3. The summed E-state index contributed by atoms with van der Waals surface area (Å²) in [5.41, 5.74) is 2.35. The van der Waals surface area contributed by atoms with Crippen molar-refractivity contribution >= 4 is 29.2 Å². The predicted octanol–water partition coefficient (Wildman–Crippen LogP) is 7.43. The molecule has 208 valence electrons. The highest BCUT2D eigenvalue weighted by Gasteiger charge is 2.30. The number of nitrogens with one attached hydrogen (secondary N) is 1. The Morgan fingerprint density at radius 2 is 1.62 bits per heavy atom. The molecule has 0 radical (unpaired) electrons. The third kappa shape index (κ3) is 8.75. The van der Waals surface area contributed by atoms with Crippen molar-refractivity contribution in [2.45, 2.75) is 51.7 Å². The Hall–Kier alpha value is -3.52. The van der Waals surface area contributed by atoms with Crippen molar-refractivity contribution in [1.29, 1.82) is 0 Å². The number of hydrogen-bond donors (Lipinski definition) is 2. The van der Waals surface area contributed by atoms with Gasteiger partial charge in [0.05, 0.1) is 17.5 Å². The maximum Gasteiger partial charge on any atom is 0.416 e. The molecule has 39 heavy (non-hydrogen) atoms. The van der Waals surface area contributed by atoms with Crippen LogP contribution in [0.15, 0.2) is 66.7 Å². The van der Waals surface area contributed by atoms with E-state index in [-0.39, 0.29) is 49.4 Å². The van der Waals surface area contributed by atoms with Crippen molar-refractivity contribution in [3.05, 3.63) is 99.6 Å². The summed E-state index contributed by atoms with van der Waals surface area (Å²) >= 11 is 6.20. The van der Waals surface area contributed by atoms with E-state index in [1.54, 1.807) is 23.1 Å². The van der Waals surface area contributed by atoms with Crippen LogP contribution < -0.4 is 5.32 Å². The highest BCUT2D eigenvalue weighted by molar-refractivity contribution is 6.31. The van der Waals surface area contributed by atoms with Gasteiger partial charge >= 0.3 is 12.1 Å². The van der Waals surface area contributed by atoms with Crippen LogP contribution in [0.4, 0.5) is 18.9 Å². The summed E-state index contributed by atoms with van der Waals surface area (Å²) < 4.78 is 39.7. The lowest BCUT2D eigenvalue weighted by molar-refractivity contribution is -0.138. The number of benzene rings is 3. The van der Waals surface area contributed by atoms with Crippen LogP contribution in [0.25, 0.3) is 0 Å². The highest BCUT2D eigenvalue weighted by Crippen LogP contribution is 2.30. The Morgan fingerprint density at radius 1 is 0.923 bits per heavy atom. The van der Waals surface area contributed by atoms with E-state index in [1.165, 1.54) is 12.1 Å². The van der Waals surface area contributed by atoms with E-state index in [0.29, 0.717) is 16.3 Å². The number of nitrogens with zero attached hydrogens (tertiary/aromatic N) is 1. The van der Waals surface area contributed by atoms with E-state index in [4.69, 9.17) is 16.7 Å². The lowest BCUT2D eigenvalue weighted by Gasteiger charge is -2.25. The van der Waals surface area contributed by atoms with Crippen molar-refractivity contribution in [3.8, 4) is 0 Å². The van der Waals surface area contributed by atoms with E-state index < -0.39 is 17.7 Å². The largest absolute Gasteiger partial charge is 0.481 e. The summed E-state index contributed by atoms with van der Waals surface area (Å²) in [6.45, 7) is 6.79. The van der Waals surface area contributed by atoms with Crippen LogP contribution in [-0.4, -0.2) is 35.0 Å². The second-order valence-electron chi connectivity index (χ2n) is 10.4. The van der Waals surface area contributed by atoms with Gasteiger partial charge in [-0.25, -0.2) is 0 Å². The third-order valence-corrected chi connectivity index (χ3v) is 6.51. The maximum absolute atomic E-state index is 13.8. The van der Waals surface area contributed by atoms with Crippen molar-refractivity contribution in [1.82, 2.24) is 4.90 Å². The number of carbonyl (C=O) groups is 2. The minimum Gasteiger partial charge on any atom is -0.481 e. The molecule has 3 rings (SSSR count). The molecule has 0 spiro atoms.